The first kappa shape index (κ1) is 21.1. The van der Waals surface area contributed by atoms with Crippen LogP contribution in [0, 0.1) is 0 Å². The quantitative estimate of drug-likeness (QED) is 0.725. The Bertz CT molecular complexity index is 815. The van der Waals surface area contributed by atoms with Gasteiger partial charge in [-0.05, 0) is 24.1 Å². The number of aromatic hydroxyl groups is 1. The summed E-state index contributed by atoms with van der Waals surface area (Å²) in [6, 6.07) is 5.53. The lowest BCUT2D eigenvalue weighted by Gasteiger charge is -2.34. The topological polar surface area (TPSA) is 82.3 Å². The number of hydrogen-bond acceptors (Lipinski definition) is 7. The van der Waals surface area contributed by atoms with Crippen LogP contribution in [-0.4, -0.2) is 77.6 Å². The Hall–Kier alpha value is -2.58. The molecule has 8 nitrogen and oxygen atoms in total. The van der Waals surface area contributed by atoms with E-state index in [2.05, 4.69) is 14.8 Å². The molecule has 158 valence electrons. The van der Waals surface area contributed by atoms with Crippen molar-refractivity contribution in [2.75, 3.05) is 46.9 Å². The van der Waals surface area contributed by atoms with E-state index in [-0.39, 0.29) is 11.7 Å². The number of methoxy groups -OCH3 is 1. The molecule has 1 saturated heterocycles. The fourth-order valence-electron chi connectivity index (χ4n) is 3.50. The number of carbonyl (C=O) groups excluding carboxylic acids is 1. The second-order valence-corrected chi connectivity index (χ2v) is 7.41. The summed E-state index contributed by atoms with van der Waals surface area (Å²) < 4.78 is 10.6. The SMILES string of the molecule is CCCN(C)C(=O)c1coc(CN2CCN(Cc3ccc(OC)c(O)c3)CC2)n1. The molecule has 1 aromatic heterocycles. The van der Waals surface area contributed by atoms with E-state index in [1.807, 2.05) is 13.0 Å². The smallest absolute Gasteiger partial charge is 0.275 e. The molecule has 2 aromatic rings. The number of benzene rings is 1. The summed E-state index contributed by atoms with van der Waals surface area (Å²) in [6.45, 7) is 7.74. The summed E-state index contributed by atoms with van der Waals surface area (Å²) in [6.07, 6.45) is 2.36. The van der Waals surface area contributed by atoms with Crippen molar-refractivity contribution in [3.05, 3.63) is 41.6 Å². The Morgan fingerprint density at radius 1 is 1.24 bits per heavy atom. The molecule has 1 amide bonds. The van der Waals surface area contributed by atoms with Gasteiger partial charge in [0.1, 0.15) is 6.26 Å². The zero-order chi connectivity index (χ0) is 20.8. The number of nitrogens with zero attached hydrogens (tertiary/aromatic N) is 4. The largest absolute Gasteiger partial charge is 0.504 e. The van der Waals surface area contributed by atoms with Gasteiger partial charge >= 0.3 is 0 Å². The zero-order valence-corrected chi connectivity index (χ0v) is 17.4. The van der Waals surface area contributed by atoms with Gasteiger partial charge in [-0.1, -0.05) is 13.0 Å². The number of phenols is 1. The highest BCUT2D eigenvalue weighted by Gasteiger charge is 2.21. The maximum absolute atomic E-state index is 12.3. The average molecular weight is 402 g/mol. The van der Waals surface area contributed by atoms with Crippen molar-refractivity contribution in [3.8, 4) is 11.5 Å². The van der Waals surface area contributed by atoms with Crippen LogP contribution in [0.25, 0.3) is 0 Å². The van der Waals surface area contributed by atoms with Gasteiger partial charge in [-0.2, -0.15) is 0 Å². The lowest BCUT2D eigenvalue weighted by atomic mass is 10.1. The molecule has 2 heterocycles. The van der Waals surface area contributed by atoms with E-state index in [9.17, 15) is 9.90 Å². The van der Waals surface area contributed by atoms with Gasteiger partial charge in [0.05, 0.1) is 13.7 Å². The van der Waals surface area contributed by atoms with Gasteiger partial charge in [0.15, 0.2) is 17.2 Å². The lowest BCUT2D eigenvalue weighted by Crippen LogP contribution is -2.45. The van der Waals surface area contributed by atoms with Crippen LogP contribution in [0.3, 0.4) is 0 Å². The van der Waals surface area contributed by atoms with Crippen molar-refractivity contribution in [1.82, 2.24) is 19.7 Å². The van der Waals surface area contributed by atoms with Gasteiger partial charge in [0.2, 0.25) is 5.89 Å². The first-order valence-corrected chi connectivity index (χ1v) is 10.0. The molecule has 1 aliphatic heterocycles. The maximum Gasteiger partial charge on any atom is 0.275 e. The molecule has 0 spiro atoms. The molecular weight excluding hydrogens is 372 g/mol. The van der Waals surface area contributed by atoms with E-state index in [0.717, 1.165) is 44.7 Å². The highest BCUT2D eigenvalue weighted by Crippen LogP contribution is 2.27. The fourth-order valence-corrected chi connectivity index (χ4v) is 3.50. The van der Waals surface area contributed by atoms with E-state index in [1.54, 1.807) is 31.2 Å². The van der Waals surface area contributed by atoms with Gasteiger partial charge in [-0.3, -0.25) is 14.6 Å². The summed E-state index contributed by atoms with van der Waals surface area (Å²) in [4.78, 5) is 22.9. The molecule has 0 atom stereocenters. The summed E-state index contributed by atoms with van der Waals surface area (Å²) in [5.74, 6) is 1.13. The Morgan fingerprint density at radius 2 is 1.93 bits per heavy atom. The molecule has 0 radical (unpaired) electrons. The van der Waals surface area contributed by atoms with Crippen LogP contribution in [0.2, 0.25) is 0 Å². The number of hydrogen-bond donors (Lipinski definition) is 1. The number of oxazole rings is 1. The maximum atomic E-state index is 12.3. The van der Waals surface area contributed by atoms with Gasteiger partial charge in [-0.25, -0.2) is 4.98 Å². The van der Waals surface area contributed by atoms with Crippen LogP contribution in [-0.2, 0) is 13.1 Å². The van der Waals surface area contributed by atoms with Crippen LogP contribution >= 0.6 is 0 Å². The predicted molar refractivity (Wildman–Crippen MR) is 109 cm³/mol. The number of phenolic OH excluding ortho intramolecular Hbond substituents is 1. The van der Waals surface area contributed by atoms with Crippen LogP contribution in [0.1, 0.15) is 35.3 Å². The normalized spacial score (nSPS) is 15.4. The number of amides is 1. The van der Waals surface area contributed by atoms with E-state index >= 15 is 0 Å². The monoisotopic (exact) mass is 402 g/mol. The molecule has 0 unspecified atom stereocenters. The number of carbonyl (C=O) groups is 1. The highest BCUT2D eigenvalue weighted by molar-refractivity contribution is 5.91. The standard InChI is InChI=1S/C21H30N4O4/c1-4-7-23(2)21(27)17-15-29-20(22-17)14-25-10-8-24(9-11-25)13-16-5-6-19(28-3)18(26)12-16/h5-6,12,15,26H,4,7-11,13-14H2,1-3H3. The molecule has 1 N–H and O–H groups in total. The Balaban J connectivity index is 1.48. The van der Waals surface area contributed by atoms with Crippen molar-refractivity contribution in [1.29, 1.82) is 0 Å². The summed E-state index contributed by atoms with van der Waals surface area (Å²) >= 11 is 0. The minimum absolute atomic E-state index is 0.102. The first-order valence-electron chi connectivity index (χ1n) is 10.0. The fraction of sp³-hybridized carbons (Fsp3) is 0.524. The number of piperazine rings is 1. The van der Waals surface area contributed by atoms with Gasteiger partial charge in [-0.15, -0.1) is 0 Å². The molecular formula is C21H30N4O4. The molecule has 0 saturated carbocycles. The van der Waals surface area contributed by atoms with Crippen molar-refractivity contribution in [3.63, 3.8) is 0 Å². The van der Waals surface area contributed by atoms with Gasteiger partial charge < -0.3 is 19.2 Å². The number of ether oxygens (including phenoxy) is 1. The van der Waals surface area contributed by atoms with Gasteiger partial charge in [0, 0.05) is 46.3 Å². The second-order valence-electron chi connectivity index (χ2n) is 7.41. The predicted octanol–water partition coefficient (Wildman–Crippen LogP) is 2.19. The average Bonchev–Trinajstić information content (AvgIpc) is 3.17. The molecule has 3 rings (SSSR count). The zero-order valence-electron chi connectivity index (χ0n) is 17.4. The molecule has 8 heteroatoms. The second kappa shape index (κ2) is 9.76. The lowest BCUT2D eigenvalue weighted by molar-refractivity contribution is 0.0789. The summed E-state index contributed by atoms with van der Waals surface area (Å²) in [5, 5.41) is 9.94. The van der Waals surface area contributed by atoms with Crippen LogP contribution in [0.4, 0.5) is 0 Å². The van der Waals surface area contributed by atoms with Crippen molar-refractivity contribution >= 4 is 5.91 Å². The molecule has 0 bridgehead atoms. The van der Waals surface area contributed by atoms with Crippen molar-refractivity contribution < 1.29 is 19.1 Å². The van der Waals surface area contributed by atoms with E-state index in [4.69, 9.17) is 9.15 Å². The first-order chi connectivity index (χ1) is 14.0. The molecule has 29 heavy (non-hydrogen) atoms. The Labute approximate surface area is 171 Å². The van der Waals surface area contributed by atoms with Crippen LogP contribution in [0.5, 0.6) is 11.5 Å². The molecule has 1 aliphatic rings. The van der Waals surface area contributed by atoms with Crippen molar-refractivity contribution in [2.24, 2.45) is 0 Å². The van der Waals surface area contributed by atoms with Crippen LogP contribution in [0.15, 0.2) is 28.9 Å². The number of aromatic nitrogens is 1. The summed E-state index contributed by atoms with van der Waals surface area (Å²) in [7, 11) is 3.33. The third-order valence-electron chi connectivity index (χ3n) is 5.15. The minimum Gasteiger partial charge on any atom is -0.504 e. The Kier molecular flexibility index (Phi) is 7.11. The van der Waals surface area contributed by atoms with Crippen molar-refractivity contribution in [2.45, 2.75) is 26.4 Å². The third-order valence-corrected chi connectivity index (χ3v) is 5.15. The van der Waals surface area contributed by atoms with E-state index in [0.29, 0.717) is 30.4 Å². The van der Waals surface area contributed by atoms with Gasteiger partial charge in [0.25, 0.3) is 5.91 Å². The minimum atomic E-state index is -0.102. The van der Waals surface area contributed by atoms with Crippen LogP contribution < -0.4 is 4.74 Å². The third kappa shape index (κ3) is 5.48. The van der Waals surface area contributed by atoms with E-state index < -0.39 is 0 Å². The number of rotatable bonds is 8. The summed E-state index contributed by atoms with van der Waals surface area (Å²) in [5.41, 5.74) is 1.43. The molecule has 1 aromatic carbocycles. The molecule has 0 aliphatic carbocycles. The molecule has 1 fully saturated rings. The Morgan fingerprint density at radius 3 is 2.55 bits per heavy atom. The highest BCUT2D eigenvalue weighted by atomic mass is 16.5. The van der Waals surface area contributed by atoms with E-state index in [1.165, 1.54) is 6.26 Å².